The number of benzene rings is 3. The minimum absolute atomic E-state index is 0. The lowest BCUT2D eigenvalue weighted by Crippen LogP contribution is -2.33. The second-order valence-electron chi connectivity index (χ2n) is 10.4. The smallest absolute Gasteiger partial charge is 0.335 e. The molecule has 3 heterocycles. The fourth-order valence-corrected chi connectivity index (χ4v) is 5.25. The van der Waals surface area contributed by atoms with E-state index in [-0.39, 0.29) is 62.7 Å². The first-order valence-electron chi connectivity index (χ1n) is 13.6. The first-order chi connectivity index (χ1) is 19.9. The number of ether oxygens (including phenoxy) is 3. The molecule has 2 aliphatic heterocycles. The van der Waals surface area contributed by atoms with Crippen molar-refractivity contribution in [3.05, 3.63) is 89.0 Å². The lowest BCUT2D eigenvalue weighted by molar-refractivity contribution is -0.0591. The van der Waals surface area contributed by atoms with Crippen LogP contribution >= 0.6 is 27.0 Å². The van der Waals surface area contributed by atoms with E-state index >= 15 is 0 Å². The topological polar surface area (TPSA) is 110 Å². The Hall–Kier alpha value is -3.76. The van der Waals surface area contributed by atoms with Crippen LogP contribution in [0.1, 0.15) is 40.2 Å². The first kappa shape index (κ1) is 32.2. The molecule has 9 nitrogen and oxygen atoms in total. The third-order valence-electron chi connectivity index (χ3n) is 7.50. The van der Waals surface area contributed by atoms with Crippen LogP contribution in [0.15, 0.2) is 60.7 Å². The number of aromatic nitrogens is 2. The number of carboxylic acid groups (broad SMARTS) is 1. The Kier molecular flexibility index (Phi) is 10.6. The van der Waals surface area contributed by atoms with Crippen molar-refractivity contribution in [3.8, 4) is 17.6 Å². The lowest BCUT2D eigenvalue weighted by atomic mass is 10.1. The van der Waals surface area contributed by atoms with Crippen molar-refractivity contribution in [2.75, 3.05) is 19.7 Å². The van der Waals surface area contributed by atoms with E-state index in [1.54, 1.807) is 18.2 Å². The fraction of sp³-hybridized carbons (Fsp3) is 0.323. The zero-order valence-corrected chi connectivity index (χ0v) is 25.3. The molecule has 0 spiro atoms. The van der Waals surface area contributed by atoms with Crippen LogP contribution in [-0.2, 0) is 24.4 Å². The number of halogens is 1. The zero-order valence-electron chi connectivity index (χ0n) is 23.3. The van der Waals surface area contributed by atoms with Gasteiger partial charge in [-0.25, -0.2) is 14.2 Å². The largest absolute Gasteiger partial charge is 0.489 e. The highest BCUT2D eigenvalue weighted by molar-refractivity contribution is 7.59. The normalized spacial score (nSPS) is 17.8. The Balaban J connectivity index is 0.00000212. The molecule has 2 fully saturated rings. The van der Waals surface area contributed by atoms with E-state index in [0.29, 0.717) is 18.8 Å². The van der Waals surface area contributed by atoms with Crippen LogP contribution in [0.25, 0.3) is 11.0 Å². The number of rotatable bonds is 10. The van der Waals surface area contributed by atoms with E-state index in [9.17, 15) is 14.3 Å². The van der Waals surface area contributed by atoms with Crippen molar-refractivity contribution in [1.29, 1.82) is 5.26 Å². The number of likely N-dealkylation sites (tertiary alicyclic amines) is 1. The van der Waals surface area contributed by atoms with Crippen LogP contribution < -0.4 is 9.47 Å². The second-order valence-corrected chi connectivity index (χ2v) is 10.4. The summed E-state index contributed by atoms with van der Waals surface area (Å²) in [7, 11) is 0. The maximum absolute atomic E-state index is 14.2. The maximum atomic E-state index is 14.2. The highest BCUT2D eigenvalue weighted by atomic mass is 32.1. The van der Waals surface area contributed by atoms with E-state index in [0.717, 1.165) is 61.0 Å². The molecule has 0 radical (unpaired) electrons. The summed E-state index contributed by atoms with van der Waals surface area (Å²) >= 11 is 0. The van der Waals surface area contributed by atoms with E-state index in [2.05, 4.69) is 9.47 Å². The van der Waals surface area contributed by atoms with Gasteiger partial charge in [-0.2, -0.15) is 32.3 Å². The SMILES string of the molecule is N#Cc1ccc(OCc2cccc(O[C@H]3CCN(Cc4nc5ccc(C(=O)O)cc5n4C[C@@H]4CCO4)C3)c2)c(F)c1.S.S. The third-order valence-corrected chi connectivity index (χ3v) is 7.50. The van der Waals surface area contributed by atoms with Crippen molar-refractivity contribution < 1.29 is 28.5 Å². The molecule has 0 bridgehead atoms. The number of nitrogens with zero attached hydrogens (tertiary/aromatic N) is 4. The standard InChI is InChI=1S/C31H29FN4O5.2H2S/c32-26-13-20(15-33)4-7-29(26)40-19-21-2-1-3-23(12-21)41-25-8-10-35(16-25)18-30-34-27-6-5-22(31(37)38)14-28(27)36(30)17-24-9-11-39-24;;/h1-7,12-14,24-25H,8-11,16-19H2,(H,37,38);2*1H2/t24-,25-;;/m0../s1. The van der Waals surface area contributed by atoms with Crippen molar-refractivity contribution in [2.45, 2.75) is 44.7 Å². The van der Waals surface area contributed by atoms with Crippen molar-refractivity contribution in [2.24, 2.45) is 0 Å². The van der Waals surface area contributed by atoms with Crippen molar-refractivity contribution in [3.63, 3.8) is 0 Å². The predicted molar refractivity (Wildman–Crippen MR) is 168 cm³/mol. The van der Waals surface area contributed by atoms with Crippen LogP contribution in [0, 0.1) is 17.1 Å². The first-order valence-corrected chi connectivity index (χ1v) is 13.6. The molecule has 2 aliphatic rings. The lowest BCUT2D eigenvalue weighted by Gasteiger charge is -2.28. The summed E-state index contributed by atoms with van der Waals surface area (Å²) in [4.78, 5) is 18.7. The molecule has 2 saturated heterocycles. The minimum atomic E-state index is -0.960. The summed E-state index contributed by atoms with van der Waals surface area (Å²) in [5.41, 5.74) is 2.91. The van der Waals surface area contributed by atoms with Gasteiger partial charge in [-0.05, 0) is 66.9 Å². The number of hydrogen-bond donors (Lipinski definition) is 1. The number of fused-ring (bicyclic) bond motifs is 1. The van der Waals surface area contributed by atoms with Gasteiger partial charge in [0.2, 0.25) is 0 Å². The molecule has 4 aromatic rings. The number of imidazole rings is 1. The molecule has 6 rings (SSSR count). The number of nitriles is 1. The summed E-state index contributed by atoms with van der Waals surface area (Å²) in [5.74, 6) is 0.161. The molecule has 0 amide bonds. The zero-order chi connectivity index (χ0) is 28.3. The van der Waals surface area contributed by atoms with Crippen LogP contribution in [0.4, 0.5) is 4.39 Å². The summed E-state index contributed by atoms with van der Waals surface area (Å²) in [5, 5.41) is 18.4. The number of hydrogen-bond acceptors (Lipinski definition) is 7. The molecular formula is C31H33FN4O5S2. The molecule has 2 atom stereocenters. The average Bonchev–Trinajstić information content (AvgIpc) is 3.53. The monoisotopic (exact) mass is 624 g/mol. The maximum Gasteiger partial charge on any atom is 0.335 e. The second kappa shape index (κ2) is 14.1. The van der Waals surface area contributed by atoms with Gasteiger partial charge in [0.05, 0.1) is 47.4 Å². The van der Waals surface area contributed by atoms with Crippen molar-refractivity contribution >= 4 is 44.0 Å². The highest BCUT2D eigenvalue weighted by Gasteiger charge is 2.27. The molecular weight excluding hydrogens is 591 g/mol. The third kappa shape index (κ3) is 7.43. The van der Waals surface area contributed by atoms with Crippen LogP contribution in [0.3, 0.4) is 0 Å². The molecule has 0 aliphatic carbocycles. The quantitative estimate of drug-likeness (QED) is 0.263. The van der Waals surface area contributed by atoms with E-state index < -0.39 is 11.8 Å². The molecule has 1 aromatic heterocycles. The van der Waals surface area contributed by atoms with Crippen molar-refractivity contribution in [1.82, 2.24) is 14.5 Å². The van der Waals surface area contributed by atoms with E-state index in [4.69, 9.17) is 24.5 Å². The Morgan fingerprint density at radius 2 is 1.98 bits per heavy atom. The molecule has 3 aromatic carbocycles. The molecule has 226 valence electrons. The molecule has 1 N–H and O–H groups in total. The van der Waals surface area contributed by atoms with Gasteiger partial charge in [-0.3, -0.25) is 4.90 Å². The fourth-order valence-electron chi connectivity index (χ4n) is 5.25. The summed E-state index contributed by atoms with van der Waals surface area (Å²) < 4.78 is 33.8. The van der Waals surface area contributed by atoms with Crippen LogP contribution in [-0.4, -0.2) is 57.4 Å². The van der Waals surface area contributed by atoms with Gasteiger partial charge in [0.25, 0.3) is 0 Å². The van der Waals surface area contributed by atoms with Gasteiger partial charge >= 0.3 is 5.97 Å². The number of carboxylic acids is 1. The molecule has 12 heteroatoms. The van der Waals surface area contributed by atoms with Crippen LogP contribution in [0.5, 0.6) is 11.5 Å². The minimum Gasteiger partial charge on any atom is -0.489 e. The Labute approximate surface area is 262 Å². The van der Waals surface area contributed by atoms with Gasteiger partial charge in [-0.1, -0.05) is 12.1 Å². The Morgan fingerprint density at radius 3 is 2.70 bits per heavy atom. The highest BCUT2D eigenvalue weighted by Crippen LogP contribution is 2.26. The average molecular weight is 625 g/mol. The molecule has 0 unspecified atom stereocenters. The van der Waals surface area contributed by atoms with Gasteiger partial charge < -0.3 is 23.9 Å². The summed E-state index contributed by atoms with van der Waals surface area (Å²) in [6, 6.07) is 18.6. The van der Waals surface area contributed by atoms with E-state index in [1.807, 2.05) is 30.3 Å². The molecule has 43 heavy (non-hydrogen) atoms. The summed E-state index contributed by atoms with van der Waals surface area (Å²) in [6.45, 7) is 3.74. The van der Waals surface area contributed by atoms with Gasteiger partial charge in [0, 0.05) is 19.7 Å². The number of aromatic carboxylic acids is 1. The molecule has 0 saturated carbocycles. The summed E-state index contributed by atoms with van der Waals surface area (Å²) in [6.07, 6.45) is 1.93. The van der Waals surface area contributed by atoms with Gasteiger partial charge in [-0.15, -0.1) is 0 Å². The number of carbonyl (C=O) groups is 1. The Bertz CT molecular complexity index is 1640. The van der Waals surface area contributed by atoms with Gasteiger partial charge in [0.1, 0.15) is 24.3 Å². The Morgan fingerprint density at radius 1 is 1.14 bits per heavy atom. The predicted octanol–water partition coefficient (Wildman–Crippen LogP) is 4.99. The van der Waals surface area contributed by atoms with Crippen LogP contribution in [0.2, 0.25) is 0 Å². The van der Waals surface area contributed by atoms with E-state index in [1.165, 1.54) is 12.1 Å². The van der Waals surface area contributed by atoms with Gasteiger partial charge in [0.15, 0.2) is 11.6 Å².